The quantitative estimate of drug-likeness (QED) is 0.474. The maximum atomic E-state index is 13.7. The first-order valence-electron chi connectivity index (χ1n) is 8.18. The van der Waals surface area contributed by atoms with Gasteiger partial charge in [0, 0.05) is 28.4 Å². The maximum absolute atomic E-state index is 13.7. The molecule has 0 radical (unpaired) electrons. The lowest BCUT2D eigenvalue weighted by molar-refractivity contribution is -0.118. The summed E-state index contributed by atoms with van der Waals surface area (Å²) in [6.45, 7) is 1.18. The molecule has 1 heterocycles. The van der Waals surface area contributed by atoms with E-state index in [-0.39, 0.29) is 12.2 Å². The third-order valence-corrected chi connectivity index (χ3v) is 6.91. The van der Waals surface area contributed by atoms with Crippen molar-refractivity contribution in [3.05, 3.63) is 75.9 Å². The molecule has 1 aromatic heterocycles. The summed E-state index contributed by atoms with van der Waals surface area (Å²) in [5, 5.41) is 2.94. The number of carbonyl (C=O) groups is 1. The van der Waals surface area contributed by atoms with E-state index in [4.69, 9.17) is 11.6 Å². The van der Waals surface area contributed by atoms with Gasteiger partial charge in [-0.05, 0) is 40.6 Å². The first kappa shape index (κ1) is 20.0. The molecule has 0 saturated heterocycles. The van der Waals surface area contributed by atoms with Crippen molar-refractivity contribution in [2.24, 2.45) is 0 Å². The Morgan fingerprint density at radius 1 is 1.33 bits per heavy atom. The minimum atomic E-state index is -3.76. The summed E-state index contributed by atoms with van der Waals surface area (Å²) in [5.74, 6) is -0.782. The second kappa shape index (κ2) is 8.07. The van der Waals surface area contributed by atoms with Gasteiger partial charge in [0.05, 0.1) is 0 Å². The van der Waals surface area contributed by atoms with E-state index < -0.39 is 18.8 Å². The molecule has 0 aliphatic heterocycles. The lowest BCUT2D eigenvalue weighted by Crippen LogP contribution is -2.11. The minimum Gasteiger partial charge on any atom is -0.344 e. The highest BCUT2D eigenvalue weighted by Gasteiger charge is 2.35. The fraction of sp³-hybridized carbons (Fsp3) is 0.150. The summed E-state index contributed by atoms with van der Waals surface area (Å²) in [6.07, 6.45) is 2.95. The third kappa shape index (κ3) is 4.56. The molecule has 140 valence electrons. The summed E-state index contributed by atoms with van der Waals surface area (Å²) in [7, 11) is -3.76. The van der Waals surface area contributed by atoms with E-state index in [2.05, 4.69) is 0 Å². The van der Waals surface area contributed by atoms with Gasteiger partial charge in [-0.2, -0.15) is 0 Å². The van der Waals surface area contributed by atoms with Crippen molar-refractivity contribution < 1.29 is 18.6 Å². The van der Waals surface area contributed by atoms with Gasteiger partial charge in [-0.25, -0.2) is 4.39 Å². The van der Waals surface area contributed by atoms with Gasteiger partial charge < -0.3 is 4.89 Å². The number of hydrogen-bond donors (Lipinski definition) is 1. The normalized spacial score (nSPS) is 15.1. The molecule has 2 unspecified atom stereocenters. The van der Waals surface area contributed by atoms with Crippen LogP contribution in [0.15, 0.2) is 53.9 Å². The van der Waals surface area contributed by atoms with E-state index in [0.717, 1.165) is 4.70 Å². The zero-order valence-electron chi connectivity index (χ0n) is 14.4. The average molecular weight is 423 g/mol. The number of fused-ring (bicyclic) bond motifs is 1. The van der Waals surface area contributed by atoms with Crippen LogP contribution in [0.2, 0.25) is 5.02 Å². The van der Waals surface area contributed by atoms with Crippen LogP contribution >= 0.6 is 30.3 Å². The monoisotopic (exact) mass is 422 g/mol. The standard InChI is InChI=1S/C20H17ClFO3PS/c1-26(24,25)20(16-12-27-19-10-9-14(21)11-15(16)19)18(23)8-4-6-13-5-2-3-7-17(13)22/h2-7,9-12,20H,8H2,1H3,(H,24,25)/b6-4+. The summed E-state index contributed by atoms with van der Waals surface area (Å²) >= 11 is 7.45. The van der Waals surface area contributed by atoms with Crippen LogP contribution in [0.25, 0.3) is 16.2 Å². The highest BCUT2D eigenvalue weighted by molar-refractivity contribution is 7.58. The number of Topliss-reactive ketones (excluding diaryl/α,β-unsaturated/α-hetero) is 1. The fourth-order valence-electron chi connectivity index (χ4n) is 2.96. The van der Waals surface area contributed by atoms with Crippen LogP contribution in [-0.2, 0) is 9.36 Å². The second-order valence-corrected chi connectivity index (χ2v) is 10.0. The van der Waals surface area contributed by atoms with Gasteiger partial charge in [-0.15, -0.1) is 11.3 Å². The van der Waals surface area contributed by atoms with Crippen molar-refractivity contribution in [2.75, 3.05) is 6.66 Å². The van der Waals surface area contributed by atoms with Crippen LogP contribution in [-0.4, -0.2) is 17.3 Å². The largest absolute Gasteiger partial charge is 0.344 e. The topological polar surface area (TPSA) is 54.4 Å². The summed E-state index contributed by atoms with van der Waals surface area (Å²) in [5.41, 5.74) is -0.275. The first-order chi connectivity index (χ1) is 12.8. The van der Waals surface area contributed by atoms with Crippen LogP contribution in [0.4, 0.5) is 4.39 Å². The highest BCUT2D eigenvalue weighted by atomic mass is 35.5. The maximum Gasteiger partial charge on any atom is 0.212 e. The van der Waals surface area contributed by atoms with E-state index >= 15 is 0 Å². The molecule has 1 N–H and O–H groups in total. The molecule has 7 heteroatoms. The van der Waals surface area contributed by atoms with E-state index in [1.807, 2.05) is 6.07 Å². The van der Waals surface area contributed by atoms with Crippen LogP contribution < -0.4 is 0 Å². The summed E-state index contributed by atoms with van der Waals surface area (Å²) < 4.78 is 27.0. The molecule has 3 aromatic rings. The lowest BCUT2D eigenvalue weighted by Gasteiger charge is -2.18. The number of carbonyl (C=O) groups excluding carboxylic acids is 1. The van der Waals surface area contributed by atoms with Gasteiger partial charge >= 0.3 is 0 Å². The molecule has 0 aliphatic rings. The molecular weight excluding hydrogens is 406 g/mol. The van der Waals surface area contributed by atoms with Crippen molar-refractivity contribution in [1.82, 2.24) is 0 Å². The molecule has 2 atom stereocenters. The van der Waals surface area contributed by atoms with Crippen molar-refractivity contribution in [1.29, 1.82) is 0 Å². The summed E-state index contributed by atoms with van der Waals surface area (Å²) in [6, 6.07) is 11.5. The number of halogens is 2. The van der Waals surface area contributed by atoms with Crippen molar-refractivity contribution in [3.8, 4) is 0 Å². The fourth-order valence-corrected chi connectivity index (χ4v) is 5.57. The number of ketones is 1. The molecule has 0 spiro atoms. The number of benzene rings is 2. The molecule has 0 fully saturated rings. The molecule has 0 bridgehead atoms. The van der Waals surface area contributed by atoms with Gasteiger partial charge in [0.25, 0.3) is 0 Å². The SMILES string of the molecule is CP(=O)(O)C(C(=O)C/C=C/c1ccccc1F)c1csc2ccc(Cl)cc12. The zero-order chi connectivity index (χ0) is 19.6. The van der Waals surface area contributed by atoms with E-state index in [1.165, 1.54) is 36.2 Å². The lowest BCUT2D eigenvalue weighted by atomic mass is 10.0. The molecule has 0 amide bonds. The Kier molecular flexibility index (Phi) is 5.97. The second-order valence-electron chi connectivity index (χ2n) is 6.27. The van der Waals surface area contributed by atoms with Crippen LogP contribution in [0.1, 0.15) is 23.2 Å². The Balaban J connectivity index is 1.91. The van der Waals surface area contributed by atoms with Gasteiger partial charge in [0.1, 0.15) is 11.5 Å². The van der Waals surface area contributed by atoms with Crippen molar-refractivity contribution in [2.45, 2.75) is 12.1 Å². The van der Waals surface area contributed by atoms with Crippen LogP contribution in [0.5, 0.6) is 0 Å². The van der Waals surface area contributed by atoms with E-state index in [9.17, 15) is 18.6 Å². The van der Waals surface area contributed by atoms with Crippen molar-refractivity contribution in [3.63, 3.8) is 0 Å². The van der Waals surface area contributed by atoms with Crippen LogP contribution in [0, 0.1) is 5.82 Å². The van der Waals surface area contributed by atoms with Gasteiger partial charge in [0.2, 0.25) is 7.37 Å². The smallest absolute Gasteiger partial charge is 0.212 e. The molecule has 0 aliphatic carbocycles. The Morgan fingerprint density at radius 3 is 2.78 bits per heavy atom. The predicted octanol–water partition coefficient (Wildman–Crippen LogP) is 6.31. The molecular formula is C20H17ClFO3PS. The number of rotatable bonds is 6. The minimum absolute atomic E-state index is 0.0741. The van der Waals surface area contributed by atoms with E-state index in [1.54, 1.807) is 35.7 Å². The Labute approximate surface area is 165 Å². The molecule has 3 rings (SSSR count). The molecule has 2 aromatic carbocycles. The van der Waals surface area contributed by atoms with Crippen molar-refractivity contribution >= 4 is 52.3 Å². The first-order valence-corrected chi connectivity index (χ1v) is 11.6. The predicted molar refractivity (Wildman–Crippen MR) is 110 cm³/mol. The number of hydrogen-bond acceptors (Lipinski definition) is 3. The number of thiophene rings is 1. The molecule has 0 saturated carbocycles. The zero-order valence-corrected chi connectivity index (χ0v) is 16.9. The van der Waals surface area contributed by atoms with Gasteiger partial charge in [0.15, 0.2) is 5.78 Å². The number of allylic oxidation sites excluding steroid dienone is 1. The molecule has 27 heavy (non-hydrogen) atoms. The highest BCUT2D eigenvalue weighted by Crippen LogP contribution is 2.55. The van der Waals surface area contributed by atoms with Gasteiger partial charge in [-0.3, -0.25) is 9.36 Å². The van der Waals surface area contributed by atoms with E-state index in [0.29, 0.717) is 21.5 Å². The Hall–Kier alpha value is -1.78. The van der Waals surface area contributed by atoms with Gasteiger partial charge in [-0.1, -0.05) is 42.0 Å². The summed E-state index contributed by atoms with van der Waals surface area (Å²) in [4.78, 5) is 23.0. The molecule has 3 nitrogen and oxygen atoms in total. The Bertz CT molecular complexity index is 1070. The Morgan fingerprint density at radius 2 is 2.07 bits per heavy atom. The third-order valence-electron chi connectivity index (χ3n) is 4.17. The average Bonchev–Trinajstić information content (AvgIpc) is 2.98. The van der Waals surface area contributed by atoms with Crippen LogP contribution in [0.3, 0.4) is 0 Å².